The van der Waals surface area contributed by atoms with Crippen molar-refractivity contribution in [3.05, 3.63) is 219 Å². The van der Waals surface area contributed by atoms with E-state index in [9.17, 15) is 0 Å². The molecule has 0 atom stereocenters. The van der Waals surface area contributed by atoms with E-state index in [4.69, 9.17) is 0 Å². The summed E-state index contributed by atoms with van der Waals surface area (Å²) in [5, 5.41) is 12.5. The third-order valence-corrected chi connectivity index (χ3v) is 12.4. The summed E-state index contributed by atoms with van der Waals surface area (Å²) >= 11 is 0. The van der Waals surface area contributed by atoms with Gasteiger partial charge in [0.05, 0.1) is 0 Å². The fourth-order valence-corrected chi connectivity index (χ4v) is 9.59. The Kier molecular flexibility index (Phi) is 7.89. The van der Waals surface area contributed by atoms with Crippen molar-refractivity contribution in [3.63, 3.8) is 0 Å². The van der Waals surface area contributed by atoms with Crippen LogP contribution >= 0.6 is 0 Å². The Morgan fingerprint density at radius 1 is 0.233 bits per heavy atom. The molecule has 278 valence electrons. The summed E-state index contributed by atoms with van der Waals surface area (Å²) in [4.78, 5) is 8.78. The number of aromatic nitrogens is 2. The van der Waals surface area contributed by atoms with Gasteiger partial charge in [-0.1, -0.05) is 170 Å². The number of rotatable bonds is 6. The lowest BCUT2D eigenvalue weighted by Gasteiger charge is -2.22. The maximum absolute atomic E-state index is 4.39. The zero-order chi connectivity index (χ0) is 39.6. The third-order valence-electron chi connectivity index (χ3n) is 12.4. The Labute approximate surface area is 348 Å². The monoisotopic (exact) mass is 760 g/mol. The van der Waals surface area contributed by atoms with Crippen LogP contribution in [0, 0.1) is 0 Å². The second kappa shape index (κ2) is 13.9. The summed E-state index contributed by atoms with van der Waals surface area (Å²) in [5.41, 5.74) is 14.3. The first kappa shape index (κ1) is 34.1. The Hall–Kier alpha value is -7.94. The van der Waals surface area contributed by atoms with E-state index in [2.05, 4.69) is 192 Å². The van der Waals surface area contributed by atoms with Crippen molar-refractivity contribution >= 4 is 53.9 Å². The molecule has 0 aliphatic heterocycles. The van der Waals surface area contributed by atoms with Gasteiger partial charge >= 0.3 is 0 Å². The molecule has 2 heteroatoms. The average Bonchev–Trinajstić information content (AvgIpc) is 3.33. The van der Waals surface area contributed by atoms with E-state index < -0.39 is 0 Å². The molecule has 0 bridgehead atoms. The minimum Gasteiger partial charge on any atom is -0.264 e. The van der Waals surface area contributed by atoms with Crippen molar-refractivity contribution < 1.29 is 0 Å². The van der Waals surface area contributed by atoms with E-state index in [1.807, 2.05) is 36.9 Å². The molecule has 0 amide bonds. The minimum atomic E-state index is 1.11. The molecule has 0 saturated carbocycles. The van der Waals surface area contributed by atoms with Gasteiger partial charge in [-0.25, -0.2) is 0 Å². The van der Waals surface area contributed by atoms with Crippen molar-refractivity contribution in [2.75, 3.05) is 0 Å². The highest BCUT2D eigenvalue weighted by Crippen LogP contribution is 2.50. The molecule has 0 aliphatic rings. The summed E-state index contributed by atoms with van der Waals surface area (Å²) < 4.78 is 0. The number of nitrogens with zero attached hydrogens (tertiary/aromatic N) is 2. The molecule has 0 N–H and O–H groups in total. The molecule has 2 aromatic heterocycles. The first-order chi connectivity index (χ1) is 29.8. The Morgan fingerprint density at radius 3 is 1.03 bits per heavy atom. The molecule has 0 fully saturated rings. The fraction of sp³-hybridized carbons (Fsp3) is 0. The molecule has 10 aromatic carbocycles. The lowest BCUT2D eigenvalue weighted by Crippen LogP contribution is -1.95. The van der Waals surface area contributed by atoms with Gasteiger partial charge in [-0.05, 0) is 145 Å². The van der Waals surface area contributed by atoms with Crippen molar-refractivity contribution in [2.24, 2.45) is 0 Å². The normalized spacial score (nSPS) is 11.7. The van der Waals surface area contributed by atoms with Gasteiger partial charge in [-0.15, -0.1) is 0 Å². The zero-order valence-electron chi connectivity index (χ0n) is 32.7. The molecule has 12 rings (SSSR count). The number of fused-ring (bicyclic) bond motifs is 2. The predicted octanol–water partition coefficient (Wildman–Crippen LogP) is 15.7. The fourth-order valence-electron chi connectivity index (χ4n) is 9.59. The second-order valence-electron chi connectivity index (χ2n) is 15.7. The third kappa shape index (κ3) is 5.50. The predicted molar refractivity (Wildman–Crippen MR) is 253 cm³/mol. The first-order valence-electron chi connectivity index (χ1n) is 20.5. The molecular weight excluding hydrogens is 725 g/mol. The highest BCUT2D eigenvalue weighted by molar-refractivity contribution is 6.32. The molecule has 0 spiro atoms. The SMILES string of the molecule is c1cncc(-c2ccc(-c3cc(-c4cccc5ccccc45)c4ccc5c(-c6ccc(-c7cccnc7)cc6)cc(-c6cccc7ccccc67)c6ccc3c4c56)cc2)c1. The lowest BCUT2D eigenvalue weighted by atomic mass is 9.81. The molecule has 0 saturated heterocycles. The molecule has 2 heterocycles. The van der Waals surface area contributed by atoms with Crippen molar-refractivity contribution in [2.45, 2.75) is 0 Å². The highest BCUT2D eigenvalue weighted by atomic mass is 14.6. The molecule has 2 nitrogen and oxygen atoms in total. The summed E-state index contributed by atoms with van der Waals surface area (Å²) in [6.45, 7) is 0. The minimum absolute atomic E-state index is 1.11. The van der Waals surface area contributed by atoms with E-state index in [1.54, 1.807) is 0 Å². The Morgan fingerprint density at radius 2 is 0.617 bits per heavy atom. The van der Waals surface area contributed by atoms with Crippen LogP contribution in [0.3, 0.4) is 0 Å². The van der Waals surface area contributed by atoms with Crippen molar-refractivity contribution in [1.29, 1.82) is 0 Å². The Bertz CT molecular complexity index is 3300. The number of hydrogen-bond donors (Lipinski definition) is 0. The highest BCUT2D eigenvalue weighted by Gasteiger charge is 2.22. The summed E-state index contributed by atoms with van der Waals surface area (Å²) in [6.07, 6.45) is 7.51. The number of hydrogen-bond acceptors (Lipinski definition) is 2. The van der Waals surface area contributed by atoms with Crippen LogP contribution in [0.1, 0.15) is 0 Å². The van der Waals surface area contributed by atoms with Gasteiger partial charge in [-0.3, -0.25) is 9.97 Å². The van der Waals surface area contributed by atoms with E-state index in [0.29, 0.717) is 0 Å². The number of benzene rings is 10. The smallest absolute Gasteiger partial charge is 0.0346 e. The van der Waals surface area contributed by atoms with Gasteiger partial charge in [0.1, 0.15) is 0 Å². The van der Waals surface area contributed by atoms with Crippen LogP contribution in [-0.4, -0.2) is 9.97 Å². The van der Waals surface area contributed by atoms with Crippen LogP contribution in [0.5, 0.6) is 0 Å². The summed E-state index contributed by atoms with van der Waals surface area (Å²) in [6, 6.07) is 71.6. The summed E-state index contributed by atoms with van der Waals surface area (Å²) in [7, 11) is 0. The molecule has 0 aliphatic carbocycles. The molecule has 12 aromatic rings. The molecule has 60 heavy (non-hydrogen) atoms. The maximum Gasteiger partial charge on any atom is 0.0346 e. The average molecular weight is 761 g/mol. The van der Waals surface area contributed by atoms with Crippen molar-refractivity contribution in [3.8, 4) is 66.8 Å². The quantitative estimate of drug-likeness (QED) is 0.158. The van der Waals surface area contributed by atoms with Crippen LogP contribution in [0.25, 0.3) is 121 Å². The van der Waals surface area contributed by atoms with Crippen LogP contribution in [0.2, 0.25) is 0 Å². The largest absolute Gasteiger partial charge is 0.264 e. The zero-order valence-corrected chi connectivity index (χ0v) is 32.7. The lowest BCUT2D eigenvalue weighted by molar-refractivity contribution is 1.33. The Balaban J connectivity index is 1.19. The topological polar surface area (TPSA) is 25.8 Å². The van der Waals surface area contributed by atoms with E-state index in [1.165, 1.54) is 98.4 Å². The van der Waals surface area contributed by atoms with E-state index in [-0.39, 0.29) is 0 Å². The molecular formula is C58H36N2. The van der Waals surface area contributed by atoms with Crippen molar-refractivity contribution in [1.82, 2.24) is 9.97 Å². The molecule has 0 unspecified atom stereocenters. The van der Waals surface area contributed by atoms with Gasteiger partial charge in [0.15, 0.2) is 0 Å². The van der Waals surface area contributed by atoms with E-state index >= 15 is 0 Å². The van der Waals surface area contributed by atoms with Gasteiger partial charge in [0.2, 0.25) is 0 Å². The van der Waals surface area contributed by atoms with Gasteiger partial charge in [-0.2, -0.15) is 0 Å². The van der Waals surface area contributed by atoms with E-state index in [0.717, 1.165) is 22.3 Å². The standard InChI is InChI=1S/C58H36N2/c1-3-15-45-39(9-1)11-5-17-47(45)55-33-53(41-23-19-37(20-24-41)43-13-7-31-59-35-43)49-28-30-52-56(48-18-6-12-40-10-2-4-16-46(40)48)34-54(50-27-29-51(55)57(49)58(50)52)42-25-21-38(22-26-42)44-14-8-32-60-36-44/h1-36H. The van der Waals surface area contributed by atoms with Gasteiger partial charge < -0.3 is 0 Å². The van der Waals surface area contributed by atoms with Crippen LogP contribution in [0.15, 0.2) is 219 Å². The molecule has 0 radical (unpaired) electrons. The second-order valence-corrected chi connectivity index (χ2v) is 15.7. The maximum atomic E-state index is 4.39. The summed E-state index contributed by atoms with van der Waals surface area (Å²) in [5.74, 6) is 0. The van der Waals surface area contributed by atoms with Crippen LogP contribution in [0.4, 0.5) is 0 Å². The first-order valence-corrected chi connectivity index (χ1v) is 20.5. The van der Waals surface area contributed by atoms with Crippen LogP contribution in [-0.2, 0) is 0 Å². The van der Waals surface area contributed by atoms with Gasteiger partial charge in [0, 0.05) is 24.8 Å². The van der Waals surface area contributed by atoms with Crippen LogP contribution < -0.4 is 0 Å². The van der Waals surface area contributed by atoms with Gasteiger partial charge in [0.25, 0.3) is 0 Å². The number of pyridine rings is 2.